The molecule has 2 aromatic rings. The largest absolute Gasteiger partial charge is 0.397 e. The quantitative estimate of drug-likeness (QED) is 0.889. The Morgan fingerprint density at radius 2 is 2.21 bits per heavy atom. The molecule has 0 bridgehead atoms. The van der Waals surface area contributed by atoms with Crippen LogP contribution in [-0.4, -0.2) is 21.8 Å². The number of rotatable bonds is 5. The predicted molar refractivity (Wildman–Crippen MR) is 75.3 cm³/mol. The molecule has 0 radical (unpaired) electrons. The van der Waals surface area contributed by atoms with Crippen molar-refractivity contribution in [3.05, 3.63) is 28.8 Å². The van der Waals surface area contributed by atoms with Crippen LogP contribution in [0.2, 0.25) is 0 Å². The fourth-order valence-corrected chi connectivity index (χ4v) is 2.36. The van der Waals surface area contributed by atoms with Crippen molar-refractivity contribution in [1.29, 1.82) is 0 Å². The first-order chi connectivity index (χ1) is 9.20. The highest BCUT2D eigenvalue weighted by molar-refractivity contribution is 5.90. The standard InChI is InChI=1S/C14H19N3O2/c1-2-16-6-5-12-13(14(16)18)11(15)9-17(12)7-8-19-10-3-4-10/h5-6,9-10H,2-4,7-8,15H2,1H3. The average Bonchev–Trinajstić information content (AvgIpc) is 3.15. The van der Waals surface area contributed by atoms with Crippen molar-refractivity contribution in [1.82, 2.24) is 9.13 Å². The third-order valence-corrected chi connectivity index (χ3v) is 3.59. The van der Waals surface area contributed by atoms with Gasteiger partial charge in [-0.15, -0.1) is 0 Å². The number of pyridine rings is 1. The second-order valence-electron chi connectivity index (χ2n) is 5.02. The van der Waals surface area contributed by atoms with E-state index in [1.165, 1.54) is 12.8 Å². The van der Waals surface area contributed by atoms with Gasteiger partial charge in [0.2, 0.25) is 0 Å². The average molecular weight is 261 g/mol. The Hall–Kier alpha value is -1.75. The van der Waals surface area contributed by atoms with Crippen molar-refractivity contribution in [2.75, 3.05) is 12.3 Å². The number of nitrogens with zero attached hydrogens (tertiary/aromatic N) is 2. The van der Waals surface area contributed by atoms with Crippen molar-refractivity contribution in [2.45, 2.75) is 39.0 Å². The lowest BCUT2D eigenvalue weighted by atomic mass is 10.3. The summed E-state index contributed by atoms with van der Waals surface area (Å²) in [5.41, 5.74) is 7.40. The normalized spacial score (nSPS) is 15.2. The van der Waals surface area contributed by atoms with Crippen LogP contribution in [0.3, 0.4) is 0 Å². The predicted octanol–water partition coefficient (Wildman–Crippen LogP) is 1.58. The van der Waals surface area contributed by atoms with Gasteiger partial charge in [0.15, 0.2) is 0 Å². The molecule has 1 aliphatic rings. The van der Waals surface area contributed by atoms with Crippen molar-refractivity contribution in [3.63, 3.8) is 0 Å². The van der Waals surface area contributed by atoms with Crippen LogP contribution < -0.4 is 11.3 Å². The number of fused-ring (bicyclic) bond motifs is 1. The molecule has 19 heavy (non-hydrogen) atoms. The highest BCUT2D eigenvalue weighted by Gasteiger charge is 2.21. The van der Waals surface area contributed by atoms with E-state index < -0.39 is 0 Å². The van der Waals surface area contributed by atoms with Gasteiger partial charge >= 0.3 is 0 Å². The molecule has 1 fully saturated rings. The number of nitrogens with two attached hydrogens (primary N) is 1. The third kappa shape index (κ3) is 2.26. The van der Waals surface area contributed by atoms with E-state index >= 15 is 0 Å². The van der Waals surface area contributed by atoms with Crippen LogP contribution in [0.25, 0.3) is 10.9 Å². The number of aromatic nitrogens is 2. The molecular formula is C14H19N3O2. The highest BCUT2D eigenvalue weighted by atomic mass is 16.5. The maximum atomic E-state index is 12.2. The summed E-state index contributed by atoms with van der Waals surface area (Å²) in [6.07, 6.45) is 6.47. The summed E-state index contributed by atoms with van der Waals surface area (Å²) in [6, 6.07) is 1.95. The van der Waals surface area contributed by atoms with Crippen LogP contribution in [0.15, 0.2) is 23.3 Å². The number of ether oxygens (including phenoxy) is 1. The van der Waals surface area contributed by atoms with Crippen molar-refractivity contribution in [3.8, 4) is 0 Å². The number of hydrogen-bond donors (Lipinski definition) is 1. The Labute approximate surface area is 111 Å². The monoisotopic (exact) mass is 261 g/mol. The summed E-state index contributed by atoms with van der Waals surface area (Å²) in [5.74, 6) is 0. The van der Waals surface area contributed by atoms with E-state index in [4.69, 9.17) is 10.5 Å². The van der Waals surface area contributed by atoms with Crippen LogP contribution in [-0.2, 0) is 17.8 Å². The van der Waals surface area contributed by atoms with Gasteiger partial charge in [-0.25, -0.2) is 0 Å². The molecule has 3 rings (SSSR count). The first-order valence-corrected chi connectivity index (χ1v) is 6.80. The minimum atomic E-state index is -0.0145. The van der Waals surface area contributed by atoms with Gasteiger partial charge in [0.25, 0.3) is 5.56 Å². The lowest BCUT2D eigenvalue weighted by Gasteiger charge is -2.06. The molecule has 2 heterocycles. The van der Waals surface area contributed by atoms with Gasteiger partial charge in [-0.3, -0.25) is 4.79 Å². The minimum Gasteiger partial charge on any atom is -0.397 e. The molecule has 102 valence electrons. The summed E-state index contributed by atoms with van der Waals surface area (Å²) >= 11 is 0. The molecule has 0 spiro atoms. The summed E-state index contributed by atoms with van der Waals surface area (Å²) in [4.78, 5) is 12.2. The molecule has 0 saturated heterocycles. The topological polar surface area (TPSA) is 62.2 Å². The van der Waals surface area contributed by atoms with Gasteiger partial charge in [-0.2, -0.15) is 0 Å². The zero-order valence-corrected chi connectivity index (χ0v) is 11.1. The number of aryl methyl sites for hydroxylation is 1. The Morgan fingerprint density at radius 3 is 2.89 bits per heavy atom. The summed E-state index contributed by atoms with van der Waals surface area (Å²) in [5, 5.41) is 0.621. The van der Waals surface area contributed by atoms with Crippen molar-refractivity contribution in [2.24, 2.45) is 0 Å². The van der Waals surface area contributed by atoms with E-state index in [9.17, 15) is 4.79 Å². The molecule has 0 atom stereocenters. The van der Waals surface area contributed by atoms with Gasteiger partial charge in [0.05, 0.1) is 29.3 Å². The number of nitrogen functional groups attached to an aromatic ring is 1. The maximum Gasteiger partial charge on any atom is 0.262 e. The molecule has 0 amide bonds. The van der Waals surface area contributed by atoms with E-state index in [0.29, 0.717) is 30.3 Å². The van der Waals surface area contributed by atoms with E-state index in [-0.39, 0.29) is 5.56 Å². The zero-order valence-electron chi connectivity index (χ0n) is 11.1. The Balaban J connectivity index is 1.92. The second-order valence-corrected chi connectivity index (χ2v) is 5.02. The molecule has 5 nitrogen and oxygen atoms in total. The first-order valence-electron chi connectivity index (χ1n) is 6.80. The fraction of sp³-hybridized carbons (Fsp3) is 0.500. The second kappa shape index (κ2) is 4.74. The molecule has 2 aromatic heterocycles. The Bertz CT molecular complexity index is 652. The van der Waals surface area contributed by atoms with Gasteiger partial charge in [-0.1, -0.05) is 0 Å². The minimum absolute atomic E-state index is 0.0145. The van der Waals surface area contributed by atoms with E-state index in [2.05, 4.69) is 0 Å². The summed E-state index contributed by atoms with van der Waals surface area (Å²) in [6.45, 7) is 4.01. The highest BCUT2D eigenvalue weighted by Crippen LogP contribution is 2.24. The lowest BCUT2D eigenvalue weighted by Crippen LogP contribution is -2.18. The van der Waals surface area contributed by atoms with Crippen LogP contribution in [0.5, 0.6) is 0 Å². The van der Waals surface area contributed by atoms with E-state index in [0.717, 1.165) is 12.1 Å². The molecule has 1 saturated carbocycles. The van der Waals surface area contributed by atoms with Crippen LogP contribution in [0, 0.1) is 0 Å². The third-order valence-electron chi connectivity index (χ3n) is 3.59. The fourth-order valence-electron chi connectivity index (χ4n) is 2.36. The van der Waals surface area contributed by atoms with Crippen LogP contribution in [0.4, 0.5) is 5.69 Å². The Kier molecular flexibility index (Phi) is 3.06. The lowest BCUT2D eigenvalue weighted by molar-refractivity contribution is 0.113. The molecule has 1 aliphatic carbocycles. The van der Waals surface area contributed by atoms with E-state index in [1.807, 2.05) is 30.0 Å². The van der Waals surface area contributed by atoms with Crippen LogP contribution in [0.1, 0.15) is 19.8 Å². The van der Waals surface area contributed by atoms with Crippen LogP contribution >= 0.6 is 0 Å². The molecule has 2 N–H and O–H groups in total. The Morgan fingerprint density at radius 1 is 1.42 bits per heavy atom. The molecule has 0 aliphatic heterocycles. The van der Waals surface area contributed by atoms with Crippen molar-refractivity contribution >= 4 is 16.6 Å². The number of anilines is 1. The van der Waals surface area contributed by atoms with Gasteiger partial charge in [0.1, 0.15) is 0 Å². The maximum absolute atomic E-state index is 12.2. The van der Waals surface area contributed by atoms with Crippen molar-refractivity contribution < 1.29 is 4.74 Å². The van der Waals surface area contributed by atoms with Gasteiger partial charge in [0, 0.05) is 25.5 Å². The molecular weight excluding hydrogens is 242 g/mol. The van der Waals surface area contributed by atoms with E-state index in [1.54, 1.807) is 4.57 Å². The zero-order chi connectivity index (χ0) is 13.4. The number of hydrogen-bond acceptors (Lipinski definition) is 3. The first kappa shape index (κ1) is 12.3. The SMILES string of the molecule is CCn1ccc2c(c(N)cn2CCOC2CC2)c1=O. The smallest absolute Gasteiger partial charge is 0.262 e. The summed E-state index contributed by atoms with van der Waals surface area (Å²) in [7, 11) is 0. The molecule has 5 heteroatoms. The molecule has 0 aromatic carbocycles. The molecule has 0 unspecified atom stereocenters. The summed E-state index contributed by atoms with van der Waals surface area (Å²) < 4.78 is 9.32. The van der Waals surface area contributed by atoms with Gasteiger partial charge < -0.3 is 19.6 Å². The van der Waals surface area contributed by atoms with Gasteiger partial charge in [-0.05, 0) is 25.8 Å².